The molecule has 0 fully saturated rings. The van der Waals surface area contributed by atoms with Crippen LogP contribution >= 0.6 is 0 Å². The highest BCUT2D eigenvalue weighted by Crippen LogP contribution is 2.30. The Morgan fingerprint density at radius 3 is 2.67 bits per heavy atom. The lowest BCUT2D eigenvalue weighted by Crippen LogP contribution is -2.15. The van der Waals surface area contributed by atoms with Crippen molar-refractivity contribution in [3.63, 3.8) is 0 Å². The van der Waals surface area contributed by atoms with Crippen molar-refractivity contribution in [2.24, 2.45) is 0 Å². The zero-order valence-electron chi connectivity index (χ0n) is 11.6. The Bertz CT molecular complexity index is 646. The molecule has 5 heteroatoms. The molecule has 2 aromatic carbocycles. The molecule has 1 aliphatic heterocycles. The van der Waals surface area contributed by atoms with Crippen LogP contribution in [0.3, 0.4) is 0 Å². The van der Waals surface area contributed by atoms with Crippen LogP contribution in [0.5, 0.6) is 11.5 Å². The number of nitrogens with two attached hydrogens (primary N) is 1. The van der Waals surface area contributed by atoms with Crippen molar-refractivity contribution in [2.45, 2.75) is 6.42 Å². The molecule has 2 aromatic rings. The van der Waals surface area contributed by atoms with Crippen molar-refractivity contribution in [2.75, 3.05) is 30.8 Å². The smallest absolute Gasteiger partial charge is 0.161 e. The molecule has 0 bridgehead atoms. The average Bonchev–Trinajstić information content (AvgIpc) is 2.49. The standard InChI is InChI=1S/C16H17FN2O2/c17-13-10-12(18)2-3-14(13)19-6-5-11-1-4-15-16(9-11)21-8-7-20-15/h1-4,9-10,19H,5-8,18H2. The number of hydrogen-bond donors (Lipinski definition) is 2. The van der Waals surface area contributed by atoms with Gasteiger partial charge in [-0.15, -0.1) is 0 Å². The summed E-state index contributed by atoms with van der Waals surface area (Å²) in [6.07, 6.45) is 0.764. The van der Waals surface area contributed by atoms with E-state index < -0.39 is 0 Å². The lowest BCUT2D eigenvalue weighted by atomic mass is 10.1. The van der Waals surface area contributed by atoms with Gasteiger partial charge in [0, 0.05) is 12.2 Å². The highest BCUT2D eigenvalue weighted by molar-refractivity contribution is 5.52. The van der Waals surface area contributed by atoms with E-state index in [-0.39, 0.29) is 5.82 Å². The van der Waals surface area contributed by atoms with Crippen LogP contribution in [0, 0.1) is 5.82 Å². The third kappa shape index (κ3) is 3.18. The van der Waals surface area contributed by atoms with Gasteiger partial charge in [-0.25, -0.2) is 4.39 Å². The van der Waals surface area contributed by atoms with E-state index in [9.17, 15) is 4.39 Å². The molecule has 0 spiro atoms. The van der Waals surface area contributed by atoms with Crippen molar-refractivity contribution in [3.05, 3.63) is 47.8 Å². The van der Waals surface area contributed by atoms with Crippen LogP contribution in [0.25, 0.3) is 0 Å². The number of fused-ring (bicyclic) bond motifs is 1. The molecule has 0 saturated carbocycles. The van der Waals surface area contributed by atoms with Crippen LogP contribution in [0.1, 0.15) is 5.56 Å². The maximum atomic E-state index is 13.6. The number of nitrogens with one attached hydrogen (secondary N) is 1. The maximum absolute atomic E-state index is 13.6. The van der Waals surface area contributed by atoms with Crippen LogP contribution in [-0.4, -0.2) is 19.8 Å². The van der Waals surface area contributed by atoms with Crippen LogP contribution in [0.15, 0.2) is 36.4 Å². The molecule has 4 nitrogen and oxygen atoms in total. The van der Waals surface area contributed by atoms with Crippen molar-refractivity contribution in [3.8, 4) is 11.5 Å². The molecular formula is C16H17FN2O2. The molecule has 3 rings (SSSR count). The Morgan fingerprint density at radius 2 is 1.86 bits per heavy atom. The summed E-state index contributed by atoms with van der Waals surface area (Å²) in [6, 6.07) is 10.5. The predicted octanol–water partition coefficient (Wildman–Crippen LogP) is 2.83. The van der Waals surface area contributed by atoms with E-state index in [1.165, 1.54) is 6.07 Å². The first kappa shape index (κ1) is 13.5. The Morgan fingerprint density at radius 1 is 1.05 bits per heavy atom. The van der Waals surface area contributed by atoms with Crippen molar-refractivity contribution >= 4 is 11.4 Å². The first-order valence-corrected chi connectivity index (χ1v) is 6.90. The SMILES string of the molecule is Nc1ccc(NCCc2ccc3c(c2)OCCO3)c(F)c1. The highest BCUT2D eigenvalue weighted by atomic mass is 19.1. The molecule has 0 aliphatic carbocycles. The van der Waals surface area contributed by atoms with Gasteiger partial charge in [0.15, 0.2) is 11.5 Å². The third-order valence-electron chi connectivity index (χ3n) is 3.33. The summed E-state index contributed by atoms with van der Waals surface area (Å²) < 4.78 is 24.6. The molecule has 21 heavy (non-hydrogen) atoms. The quantitative estimate of drug-likeness (QED) is 0.849. The molecule has 3 N–H and O–H groups in total. The molecule has 1 aliphatic rings. The minimum absolute atomic E-state index is 0.336. The molecule has 0 unspecified atom stereocenters. The minimum Gasteiger partial charge on any atom is -0.486 e. The maximum Gasteiger partial charge on any atom is 0.161 e. The second-order valence-corrected chi connectivity index (χ2v) is 4.89. The number of anilines is 2. The molecule has 0 saturated heterocycles. The summed E-state index contributed by atoms with van der Waals surface area (Å²) >= 11 is 0. The first-order chi connectivity index (χ1) is 10.2. The Balaban J connectivity index is 1.60. The fourth-order valence-electron chi connectivity index (χ4n) is 2.26. The van der Waals surface area contributed by atoms with Gasteiger partial charge < -0.3 is 20.5 Å². The van der Waals surface area contributed by atoms with E-state index in [0.717, 1.165) is 23.5 Å². The molecular weight excluding hydrogens is 271 g/mol. The van der Waals surface area contributed by atoms with Gasteiger partial charge in [-0.05, 0) is 42.3 Å². The summed E-state index contributed by atoms with van der Waals surface area (Å²) in [7, 11) is 0. The number of halogens is 1. The van der Waals surface area contributed by atoms with Gasteiger partial charge >= 0.3 is 0 Å². The van der Waals surface area contributed by atoms with Gasteiger partial charge in [0.25, 0.3) is 0 Å². The minimum atomic E-state index is -0.336. The number of benzene rings is 2. The monoisotopic (exact) mass is 288 g/mol. The summed E-state index contributed by atoms with van der Waals surface area (Å²) in [5.41, 5.74) is 7.51. The fourth-order valence-corrected chi connectivity index (χ4v) is 2.26. The van der Waals surface area contributed by atoms with E-state index in [4.69, 9.17) is 15.2 Å². The number of ether oxygens (including phenoxy) is 2. The Kier molecular flexibility index (Phi) is 3.81. The van der Waals surface area contributed by atoms with Crippen LogP contribution < -0.4 is 20.5 Å². The largest absolute Gasteiger partial charge is 0.486 e. The second kappa shape index (κ2) is 5.91. The number of rotatable bonds is 4. The van der Waals surface area contributed by atoms with Gasteiger partial charge in [0.1, 0.15) is 19.0 Å². The molecule has 1 heterocycles. The van der Waals surface area contributed by atoms with Crippen LogP contribution in [0.4, 0.5) is 15.8 Å². The summed E-state index contributed by atoms with van der Waals surface area (Å²) in [6.45, 7) is 1.79. The Hall–Kier alpha value is -2.43. The third-order valence-corrected chi connectivity index (χ3v) is 3.33. The second-order valence-electron chi connectivity index (χ2n) is 4.89. The van der Waals surface area contributed by atoms with Crippen LogP contribution in [-0.2, 0) is 6.42 Å². The van der Waals surface area contributed by atoms with E-state index in [1.54, 1.807) is 12.1 Å². The van der Waals surface area contributed by atoms with Gasteiger partial charge in [0.05, 0.1) is 5.69 Å². The fraction of sp³-hybridized carbons (Fsp3) is 0.250. The highest BCUT2D eigenvalue weighted by Gasteiger charge is 2.11. The van der Waals surface area contributed by atoms with Crippen molar-refractivity contribution in [1.29, 1.82) is 0 Å². The van der Waals surface area contributed by atoms with E-state index in [1.807, 2.05) is 18.2 Å². The summed E-state index contributed by atoms with van der Waals surface area (Å²) in [4.78, 5) is 0. The normalized spacial score (nSPS) is 13.0. The van der Waals surface area contributed by atoms with E-state index in [2.05, 4.69) is 5.32 Å². The van der Waals surface area contributed by atoms with Crippen molar-refractivity contribution < 1.29 is 13.9 Å². The molecule has 0 radical (unpaired) electrons. The molecule has 0 atom stereocenters. The topological polar surface area (TPSA) is 56.5 Å². The van der Waals surface area contributed by atoms with Gasteiger partial charge in [-0.3, -0.25) is 0 Å². The van der Waals surface area contributed by atoms with Gasteiger partial charge in [-0.2, -0.15) is 0 Å². The molecule has 0 aromatic heterocycles. The number of hydrogen-bond acceptors (Lipinski definition) is 4. The summed E-state index contributed by atoms with van der Waals surface area (Å²) in [5, 5.41) is 3.07. The van der Waals surface area contributed by atoms with E-state index >= 15 is 0 Å². The zero-order chi connectivity index (χ0) is 14.7. The molecule has 110 valence electrons. The van der Waals surface area contributed by atoms with Gasteiger partial charge in [-0.1, -0.05) is 6.07 Å². The van der Waals surface area contributed by atoms with Crippen LogP contribution in [0.2, 0.25) is 0 Å². The predicted molar refractivity (Wildman–Crippen MR) is 80.4 cm³/mol. The zero-order valence-corrected chi connectivity index (χ0v) is 11.6. The Labute approximate surface area is 122 Å². The van der Waals surface area contributed by atoms with Gasteiger partial charge in [0.2, 0.25) is 0 Å². The van der Waals surface area contributed by atoms with E-state index in [0.29, 0.717) is 31.1 Å². The molecule has 0 amide bonds. The lowest BCUT2D eigenvalue weighted by molar-refractivity contribution is 0.171. The first-order valence-electron chi connectivity index (χ1n) is 6.90. The average molecular weight is 288 g/mol. The number of nitrogen functional groups attached to an aromatic ring is 1. The lowest BCUT2D eigenvalue weighted by Gasteiger charge is -2.19. The summed E-state index contributed by atoms with van der Waals surface area (Å²) in [5.74, 6) is 1.22. The van der Waals surface area contributed by atoms with Crippen molar-refractivity contribution in [1.82, 2.24) is 0 Å².